The van der Waals surface area contributed by atoms with E-state index in [1.165, 1.54) is 16.3 Å². The van der Waals surface area contributed by atoms with Crippen molar-refractivity contribution in [2.45, 2.75) is 25.4 Å². The minimum Gasteiger partial charge on any atom is -0.348 e. The fraction of sp³-hybridized carbons (Fsp3) is 0.160. The van der Waals surface area contributed by atoms with Crippen molar-refractivity contribution in [1.82, 2.24) is 14.9 Å². The first-order chi connectivity index (χ1) is 14.7. The molecule has 1 atom stereocenters. The summed E-state index contributed by atoms with van der Waals surface area (Å²) < 4.78 is 1.47. The zero-order valence-electron chi connectivity index (χ0n) is 16.6. The van der Waals surface area contributed by atoms with E-state index in [2.05, 4.69) is 22.4 Å². The van der Waals surface area contributed by atoms with E-state index in [-0.39, 0.29) is 24.1 Å². The van der Waals surface area contributed by atoms with Crippen LogP contribution in [0.1, 0.15) is 23.6 Å². The summed E-state index contributed by atoms with van der Waals surface area (Å²) in [5, 5.41) is 3.12. The highest BCUT2D eigenvalue weighted by Gasteiger charge is 2.16. The van der Waals surface area contributed by atoms with Crippen LogP contribution in [0.25, 0.3) is 11.0 Å². The first-order valence-electron chi connectivity index (χ1n) is 10.0. The van der Waals surface area contributed by atoms with Gasteiger partial charge in [-0.05, 0) is 36.1 Å². The number of aryl methyl sites for hydroxylation is 1. The van der Waals surface area contributed by atoms with Gasteiger partial charge in [0.05, 0.1) is 23.3 Å². The summed E-state index contributed by atoms with van der Waals surface area (Å²) in [7, 11) is 0. The van der Waals surface area contributed by atoms with Gasteiger partial charge in [-0.25, -0.2) is 4.98 Å². The Labute approximate surface area is 175 Å². The number of para-hydroxylation sites is 2. The molecule has 0 radical (unpaired) electrons. The van der Waals surface area contributed by atoms with E-state index < -0.39 is 0 Å². The maximum absolute atomic E-state index is 12.9. The number of nitrogens with zero attached hydrogens (tertiary/aromatic N) is 2. The first kappa shape index (κ1) is 19.6. The number of hydrogen-bond donors (Lipinski definition) is 1. The Morgan fingerprint density at radius 1 is 0.900 bits per heavy atom. The largest absolute Gasteiger partial charge is 0.348 e. The Kier molecular flexibility index (Phi) is 5.99. The molecule has 3 aromatic carbocycles. The molecule has 0 aliphatic rings. The maximum Gasteiger partial charge on any atom is 0.269 e. The van der Waals surface area contributed by atoms with Crippen molar-refractivity contribution in [2.75, 3.05) is 0 Å². The lowest BCUT2D eigenvalue weighted by Gasteiger charge is -2.20. The lowest BCUT2D eigenvalue weighted by atomic mass is 9.99. The van der Waals surface area contributed by atoms with Gasteiger partial charge in [0.15, 0.2) is 0 Å². The van der Waals surface area contributed by atoms with Crippen LogP contribution in [0.15, 0.2) is 95.9 Å². The average molecular weight is 397 g/mol. The summed E-state index contributed by atoms with van der Waals surface area (Å²) in [6.07, 6.45) is 2.88. The van der Waals surface area contributed by atoms with E-state index in [1.54, 1.807) is 6.07 Å². The molecule has 0 saturated carbocycles. The fourth-order valence-electron chi connectivity index (χ4n) is 3.62. The minimum atomic E-state index is -0.288. The molecule has 0 saturated heterocycles. The second-order valence-electron chi connectivity index (χ2n) is 7.23. The number of benzene rings is 3. The van der Waals surface area contributed by atoms with Gasteiger partial charge in [-0.15, -0.1) is 0 Å². The van der Waals surface area contributed by atoms with E-state index in [1.807, 2.05) is 66.7 Å². The number of hydrogen-bond acceptors (Lipinski definition) is 3. The highest BCUT2D eigenvalue weighted by molar-refractivity contribution is 5.80. The first-order valence-corrected chi connectivity index (χ1v) is 10.0. The molecule has 0 aliphatic carbocycles. The quantitative estimate of drug-likeness (QED) is 0.515. The summed E-state index contributed by atoms with van der Waals surface area (Å²) in [4.78, 5) is 29.4. The molecule has 5 heteroatoms. The minimum absolute atomic E-state index is 0.0451. The van der Waals surface area contributed by atoms with Gasteiger partial charge < -0.3 is 5.32 Å². The van der Waals surface area contributed by atoms with Crippen molar-refractivity contribution in [1.29, 1.82) is 0 Å². The van der Waals surface area contributed by atoms with Crippen molar-refractivity contribution in [2.24, 2.45) is 0 Å². The Hall–Kier alpha value is -3.73. The van der Waals surface area contributed by atoms with Crippen LogP contribution in [0.2, 0.25) is 0 Å². The molecule has 0 bridgehead atoms. The van der Waals surface area contributed by atoms with Crippen LogP contribution < -0.4 is 10.9 Å². The van der Waals surface area contributed by atoms with Crippen LogP contribution in [-0.2, 0) is 17.8 Å². The van der Waals surface area contributed by atoms with Gasteiger partial charge in [0.2, 0.25) is 5.91 Å². The molecule has 1 aromatic heterocycles. The smallest absolute Gasteiger partial charge is 0.269 e. The van der Waals surface area contributed by atoms with E-state index in [0.717, 1.165) is 18.4 Å². The number of amides is 1. The molecular weight excluding hydrogens is 374 g/mol. The third-order valence-corrected chi connectivity index (χ3v) is 5.16. The summed E-state index contributed by atoms with van der Waals surface area (Å²) >= 11 is 0. The van der Waals surface area contributed by atoms with E-state index in [9.17, 15) is 9.59 Å². The molecule has 0 fully saturated rings. The molecule has 4 rings (SSSR count). The molecule has 0 spiro atoms. The SMILES string of the molecule is O=C(Cn1c(=O)cnc2ccccc21)NC(CCc1ccccc1)c1ccccc1. The van der Waals surface area contributed by atoms with Gasteiger partial charge in [-0.1, -0.05) is 72.8 Å². The van der Waals surface area contributed by atoms with Crippen LogP contribution in [0.5, 0.6) is 0 Å². The summed E-state index contributed by atoms with van der Waals surface area (Å²) in [5.74, 6) is -0.199. The summed E-state index contributed by atoms with van der Waals surface area (Å²) in [6, 6.07) is 27.4. The van der Waals surface area contributed by atoms with E-state index >= 15 is 0 Å². The zero-order valence-corrected chi connectivity index (χ0v) is 16.6. The van der Waals surface area contributed by atoms with Crippen molar-refractivity contribution in [3.05, 3.63) is 113 Å². The number of nitrogens with one attached hydrogen (secondary N) is 1. The Morgan fingerprint density at radius 3 is 2.33 bits per heavy atom. The second-order valence-corrected chi connectivity index (χ2v) is 7.23. The predicted molar refractivity (Wildman–Crippen MR) is 118 cm³/mol. The monoisotopic (exact) mass is 397 g/mol. The third-order valence-electron chi connectivity index (χ3n) is 5.16. The zero-order chi connectivity index (χ0) is 20.8. The molecule has 1 N–H and O–H groups in total. The molecule has 150 valence electrons. The Morgan fingerprint density at radius 2 is 1.57 bits per heavy atom. The van der Waals surface area contributed by atoms with Gasteiger partial charge in [0.25, 0.3) is 5.56 Å². The van der Waals surface area contributed by atoms with Crippen molar-refractivity contribution >= 4 is 16.9 Å². The number of carbonyl (C=O) groups is 1. The van der Waals surface area contributed by atoms with Gasteiger partial charge in [-0.3, -0.25) is 14.2 Å². The molecule has 1 amide bonds. The number of carbonyl (C=O) groups excluding carboxylic acids is 1. The van der Waals surface area contributed by atoms with Crippen molar-refractivity contribution in [3.8, 4) is 0 Å². The molecule has 30 heavy (non-hydrogen) atoms. The lowest BCUT2D eigenvalue weighted by molar-refractivity contribution is -0.122. The fourth-order valence-corrected chi connectivity index (χ4v) is 3.62. The van der Waals surface area contributed by atoms with Crippen LogP contribution in [0, 0.1) is 0 Å². The highest BCUT2D eigenvalue weighted by Crippen LogP contribution is 2.19. The van der Waals surface area contributed by atoms with Crippen LogP contribution in [0.3, 0.4) is 0 Å². The molecule has 4 aromatic rings. The average Bonchev–Trinajstić information content (AvgIpc) is 2.80. The Bertz CT molecular complexity index is 1190. The summed E-state index contributed by atoms with van der Waals surface area (Å²) in [5.41, 5.74) is 3.33. The van der Waals surface area contributed by atoms with Gasteiger partial charge in [0, 0.05) is 0 Å². The Balaban J connectivity index is 1.53. The highest BCUT2D eigenvalue weighted by atomic mass is 16.2. The molecule has 0 aliphatic heterocycles. The number of fused-ring (bicyclic) bond motifs is 1. The van der Waals surface area contributed by atoms with Crippen LogP contribution in [-0.4, -0.2) is 15.5 Å². The number of aromatic nitrogens is 2. The van der Waals surface area contributed by atoms with Crippen molar-refractivity contribution in [3.63, 3.8) is 0 Å². The van der Waals surface area contributed by atoms with Crippen LogP contribution in [0.4, 0.5) is 0 Å². The predicted octanol–water partition coefficient (Wildman–Crippen LogP) is 3.89. The van der Waals surface area contributed by atoms with E-state index in [0.29, 0.717) is 11.0 Å². The van der Waals surface area contributed by atoms with Gasteiger partial charge in [0.1, 0.15) is 6.54 Å². The summed E-state index contributed by atoms with van der Waals surface area (Å²) in [6.45, 7) is -0.0451. The number of rotatable bonds is 7. The molecule has 1 heterocycles. The van der Waals surface area contributed by atoms with Gasteiger partial charge in [-0.2, -0.15) is 0 Å². The van der Waals surface area contributed by atoms with Crippen LogP contribution >= 0.6 is 0 Å². The van der Waals surface area contributed by atoms with Gasteiger partial charge >= 0.3 is 0 Å². The maximum atomic E-state index is 12.9. The van der Waals surface area contributed by atoms with E-state index in [4.69, 9.17) is 0 Å². The normalized spacial score (nSPS) is 11.9. The van der Waals surface area contributed by atoms with Crippen molar-refractivity contribution < 1.29 is 4.79 Å². The molecule has 1 unspecified atom stereocenters. The topological polar surface area (TPSA) is 64.0 Å². The third kappa shape index (κ3) is 4.63. The lowest BCUT2D eigenvalue weighted by Crippen LogP contribution is -2.35. The standard InChI is InChI=1S/C25H23N3O2/c29-24(18-28-23-14-8-7-13-22(23)26-17-25(28)30)27-21(20-11-5-2-6-12-20)16-15-19-9-3-1-4-10-19/h1-14,17,21H,15-16,18H2,(H,27,29). The molecule has 5 nitrogen and oxygen atoms in total. The second kappa shape index (κ2) is 9.18. The molecular formula is C25H23N3O2.